The van der Waals surface area contributed by atoms with Crippen molar-refractivity contribution in [3.63, 3.8) is 0 Å². The third-order valence-corrected chi connectivity index (χ3v) is 6.30. The van der Waals surface area contributed by atoms with Crippen molar-refractivity contribution < 1.29 is 9.59 Å². The Morgan fingerprint density at radius 3 is 2.49 bits per heavy atom. The predicted octanol–water partition coefficient (Wildman–Crippen LogP) is 3.23. The molecule has 4 rings (SSSR count). The molecule has 0 saturated heterocycles. The van der Waals surface area contributed by atoms with Crippen molar-refractivity contribution in [2.75, 3.05) is 20.1 Å². The molecular formula is C28H32N6O3. The summed E-state index contributed by atoms with van der Waals surface area (Å²) in [6, 6.07) is 11.3. The maximum absolute atomic E-state index is 13.2. The maximum Gasteiger partial charge on any atom is 0.275 e. The first-order chi connectivity index (χ1) is 17.8. The van der Waals surface area contributed by atoms with Gasteiger partial charge in [0.25, 0.3) is 5.56 Å². The molecule has 1 aliphatic rings. The second-order valence-electron chi connectivity index (χ2n) is 9.10. The van der Waals surface area contributed by atoms with E-state index in [-0.39, 0.29) is 23.9 Å². The summed E-state index contributed by atoms with van der Waals surface area (Å²) in [7, 11) is 1.51. The molecule has 0 fully saturated rings. The van der Waals surface area contributed by atoms with Crippen LogP contribution >= 0.6 is 0 Å². The molecule has 37 heavy (non-hydrogen) atoms. The van der Waals surface area contributed by atoms with Crippen molar-refractivity contribution in [3.8, 4) is 11.1 Å². The van der Waals surface area contributed by atoms with Crippen LogP contribution in [0.5, 0.6) is 0 Å². The van der Waals surface area contributed by atoms with Crippen LogP contribution in [0, 0.1) is 0 Å². The number of likely N-dealkylation sites (N-methyl/N-ethyl adjacent to an activating group) is 1. The van der Waals surface area contributed by atoms with Crippen molar-refractivity contribution >= 4 is 40.2 Å². The molecule has 192 valence electrons. The first-order valence-corrected chi connectivity index (χ1v) is 12.5. The molecule has 0 spiro atoms. The van der Waals surface area contributed by atoms with E-state index >= 15 is 0 Å². The Bertz CT molecular complexity index is 1460. The molecule has 9 nitrogen and oxygen atoms in total. The van der Waals surface area contributed by atoms with Crippen LogP contribution in [-0.4, -0.2) is 52.5 Å². The van der Waals surface area contributed by atoms with Crippen molar-refractivity contribution in [1.29, 1.82) is 0 Å². The lowest BCUT2D eigenvalue weighted by Crippen LogP contribution is -2.34. The second-order valence-corrected chi connectivity index (χ2v) is 9.10. The number of amides is 2. The smallest absolute Gasteiger partial charge is 0.275 e. The van der Waals surface area contributed by atoms with Crippen LogP contribution in [-0.2, 0) is 16.1 Å². The SMILES string of the molecule is CCCN(CCC)C(=O)C1=Cc2ccc(-c3ccc4c(=O)n(CC(=O)NC)ncc4c3)cc2N=C(N)C1. The Labute approximate surface area is 215 Å². The zero-order valence-electron chi connectivity index (χ0n) is 21.5. The van der Waals surface area contributed by atoms with Gasteiger partial charge in [-0.3, -0.25) is 14.4 Å². The molecule has 3 aromatic rings. The minimum atomic E-state index is -0.325. The van der Waals surface area contributed by atoms with Gasteiger partial charge in [-0.15, -0.1) is 0 Å². The van der Waals surface area contributed by atoms with Gasteiger partial charge >= 0.3 is 0 Å². The summed E-state index contributed by atoms with van der Waals surface area (Å²) >= 11 is 0. The van der Waals surface area contributed by atoms with E-state index in [4.69, 9.17) is 5.73 Å². The summed E-state index contributed by atoms with van der Waals surface area (Å²) < 4.78 is 1.15. The highest BCUT2D eigenvalue weighted by Gasteiger charge is 2.21. The summed E-state index contributed by atoms with van der Waals surface area (Å²) in [4.78, 5) is 44.1. The van der Waals surface area contributed by atoms with E-state index in [2.05, 4.69) is 29.3 Å². The number of nitrogens with zero attached hydrogens (tertiary/aromatic N) is 4. The third-order valence-electron chi connectivity index (χ3n) is 6.30. The number of aromatic nitrogens is 2. The molecule has 3 N–H and O–H groups in total. The number of nitrogens with one attached hydrogen (secondary N) is 1. The van der Waals surface area contributed by atoms with E-state index in [9.17, 15) is 14.4 Å². The second kappa shape index (κ2) is 11.2. The van der Waals surface area contributed by atoms with Gasteiger partial charge in [-0.1, -0.05) is 32.0 Å². The van der Waals surface area contributed by atoms with Crippen molar-refractivity contribution in [2.45, 2.75) is 39.7 Å². The fraction of sp³-hybridized carbons (Fsp3) is 0.321. The van der Waals surface area contributed by atoms with Crippen LogP contribution in [0.4, 0.5) is 5.69 Å². The summed E-state index contributed by atoms with van der Waals surface area (Å²) in [6.07, 6.45) is 5.57. The Morgan fingerprint density at radius 2 is 1.78 bits per heavy atom. The normalized spacial score (nSPS) is 12.8. The molecule has 9 heteroatoms. The molecule has 0 radical (unpaired) electrons. The zero-order chi connectivity index (χ0) is 26.5. The number of fused-ring (bicyclic) bond motifs is 2. The standard InChI is InChI=1S/C28H32N6O3/c1-4-10-33(11-5-2)27(36)21-13-20-7-6-19(14-24(20)32-25(29)15-21)18-8-9-23-22(12-18)16-31-34(28(23)37)17-26(35)30-3/h6-9,12-14,16H,4-5,10-11,15,17H2,1-3H3,(H2,29,32)(H,30,35). The lowest BCUT2D eigenvalue weighted by Gasteiger charge is -2.22. The van der Waals surface area contributed by atoms with Crippen LogP contribution < -0.4 is 16.6 Å². The predicted molar refractivity (Wildman–Crippen MR) is 147 cm³/mol. The lowest BCUT2D eigenvalue weighted by molar-refractivity contribution is -0.127. The van der Waals surface area contributed by atoms with E-state index < -0.39 is 0 Å². The highest BCUT2D eigenvalue weighted by Crippen LogP contribution is 2.33. The zero-order valence-corrected chi connectivity index (χ0v) is 21.5. The van der Waals surface area contributed by atoms with Crippen LogP contribution in [0.15, 0.2) is 58.0 Å². The summed E-state index contributed by atoms with van der Waals surface area (Å²) in [5.41, 5.74) is 9.85. The monoisotopic (exact) mass is 500 g/mol. The summed E-state index contributed by atoms with van der Waals surface area (Å²) in [5.74, 6) is 0.100. The van der Waals surface area contributed by atoms with E-state index in [1.54, 1.807) is 12.3 Å². The van der Waals surface area contributed by atoms with Gasteiger partial charge in [0.15, 0.2) is 0 Å². The molecule has 1 aromatic heterocycles. The number of carbonyl (C=O) groups excluding carboxylic acids is 2. The summed E-state index contributed by atoms with van der Waals surface area (Å²) in [6.45, 7) is 5.41. The third kappa shape index (κ3) is 5.61. The maximum atomic E-state index is 13.2. The number of nitrogens with two attached hydrogens (primary N) is 1. The average Bonchev–Trinajstić information content (AvgIpc) is 3.06. The number of aliphatic imine (C=N–C) groups is 1. The molecule has 0 unspecified atom stereocenters. The number of benzene rings is 2. The van der Waals surface area contributed by atoms with Crippen molar-refractivity contribution in [2.24, 2.45) is 10.7 Å². The van der Waals surface area contributed by atoms with Gasteiger partial charge in [0.2, 0.25) is 11.8 Å². The van der Waals surface area contributed by atoms with E-state index in [0.717, 1.165) is 34.2 Å². The van der Waals surface area contributed by atoms with Crippen LogP contribution in [0.25, 0.3) is 28.0 Å². The van der Waals surface area contributed by atoms with Crippen LogP contribution in [0.2, 0.25) is 0 Å². The molecule has 0 bridgehead atoms. The Balaban J connectivity index is 1.68. The number of hydrogen-bond acceptors (Lipinski definition) is 6. The van der Waals surface area contributed by atoms with E-state index in [0.29, 0.717) is 47.4 Å². The molecule has 2 heterocycles. The molecular weight excluding hydrogens is 468 g/mol. The molecule has 2 amide bonds. The minimum absolute atomic E-state index is 0.00267. The number of hydrogen-bond donors (Lipinski definition) is 2. The van der Waals surface area contributed by atoms with E-state index in [1.807, 2.05) is 41.3 Å². The van der Waals surface area contributed by atoms with Gasteiger partial charge in [0.1, 0.15) is 12.4 Å². The molecule has 0 atom stereocenters. The first-order valence-electron chi connectivity index (χ1n) is 12.5. The van der Waals surface area contributed by atoms with E-state index in [1.165, 1.54) is 7.05 Å². The van der Waals surface area contributed by atoms with Gasteiger partial charge in [-0.05, 0) is 48.2 Å². The van der Waals surface area contributed by atoms with Gasteiger partial charge in [-0.2, -0.15) is 5.10 Å². The highest BCUT2D eigenvalue weighted by molar-refractivity contribution is 6.05. The summed E-state index contributed by atoms with van der Waals surface area (Å²) in [5, 5.41) is 7.80. The van der Waals surface area contributed by atoms with Gasteiger partial charge < -0.3 is 16.0 Å². The average molecular weight is 501 g/mol. The van der Waals surface area contributed by atoms with Gasteiger partial charge in [-0.25, -0.2) is 9.67 Å². The molecule has 1 aliphatic heterocycles. The van der Waals surface area contributed by atoms with Gasteiger partial charge in [0, 0.05) is 43.1 Å². The van der Waals surface area contributed by atoms with Crippen LogP contribution in [0.1, 0.15) is 38.7 Å². The fourth-order valence-corrected chi connectivity index (χ4v) is 4.46. The highest BCUT2D eigenvalue weighted by atomic mass is 16.2. The van der Waals surface area contributed by atoms with Crippen LogP contribution in [0.3, 0.4) is 0 Å². The molecule has 0 saturated carbocycles. The van der Waals surface area contributed by atoms with Gasteiger partial charge in [0.05, 0.1) is 17.3 Å². The molecule has 2 aromatic carbocycles. The Morgan fingerprint density at radius 1 is 1.08 bits per heavy atom. The molecule has 0 aliphatic carbocycles. The topological polar surface area (TPSA) is 123 Å². The largest absolute Gasteiger partial charge is 0.387 e. The lowest BCUT2D eigenvalue weighted by atomic mass is 9.99. The van der Waals surface area contributed by atoms with Crippen molar-refractivity contribution in [1.82, 2.24) is 20.0 Å². The Kier molecular flexibility index (Phi) is 7.81. The fourth-order valence-electron chi connectivity index (χ4n) is 4.46. The quantitative estimate of drug-likeness (QED) is 0.492. The first kappa shape index (κ1) is 25.8. The minimum Gasteiger partial charge on any atom is -0.387 e. The number of rotatable bonds is 8. The Hall–Kier alpha value is -4.27. The number of carbonyl (C=O) groups is 2. The van der Waals surface area contributed by atoms with Crippen molar-refractivity contribution in [3.05, 3.63) is 64.1 Å². The number of amidine groups is 1.